The topological polar surface area (TPSA) is 17.1 Å². The molecule has 92 valence electrons. The zero-order valence-electron chi connectivity index (χ0n) is 9.64. The second-order valence-electron chi connectivity index (χ2n) is 4.09. The lowest BCUT2D eigenvalue weighted by atomic mass is 9.93. The third-order valence-electron chi connectivity index (χ3n) is 2.84. The summed E-state index contributed by atoms with van der Waals surface area (Å²) in [4.78, 5) is 11.2. The summed E-state index contributed by atoms with van der Waals surface area (Å²) in [6.45, 7) is 0. The molecule has 0 aromatic heterocycles. The Hall–Kier alpha value is -1.67. The standard InChI is InChI=1S/C15H12ClFO/c16-15-7-2-1-4-12(15)8-13(10-18)11-5-3-6-14(17)9-11/h1-7,9-10,13H,8H2. The smallest absolute Gasteiger partial charge is 0.127 e. The summed E-state index contributed by atoms with van der Waals surface area (Å²) in [6.07, 6.45) is 1.31. The highest BCUT2D eigenvalue weighted by Gasteiger charge is 2.13. The molecule has 0 aliphatic heterocycles. The molecule has 2 rings (SSSR count). The molecule has 2 aromatic rings. The lowest BCUT2D eigenvalue weighted by molar-refractivity contribution is -0.109. The van der Waals surface area contributed by atoms with Crippen LogP contribution in [0.4, 0.5) is 4.39 Å². The quantitative estimate of drug-likeness (QED) is 0.761. The highest BCUT2D eigenvalue weighted by Crippen LogP contribution is 2.24. The zero-order chi connectivity index (χ0) is 13.0. The van der Waals surface area contributed by atoms with E-state index in [0.717, 1.165) is 11.8 Å². The number of benzene rings is 2. The average molecular weight is 263 g/mol. The molecule has 0 saturated heterocycles. The molecule has 0 heterocycles. The lowest BCUT2D eigenvalue weighted by Gasteiger charge is -2.12. The molecular weight excluding hydrogens is 251 g/mol. The summed E-state index contributed by atoms with van der Waals surface area (Å²) >= 11 is 6.05. The predicted octanol–water partition coefficient (Wildman–Crippen LogP) is 4.00. The minimum atomic E-state index is -0.374. The normalized spacial score (nSPS) is 12.1. The maximum Gasteiger partial charge on any atom is 0.127 e. The van der Waals surface area contributed by atoms with Gasteiger partial charge < -0.3 is 4.79 Å². The molecule has 0 N–H and O–H groups in total. The number of hydrogen-bond acceptors (Lipinski definition) is 1. The van der Waals surface area contributed by atoms with Gasteiger partial charge in [0, 0.05) is 10.9 Å². The molecule has 0 spiro atoms. The summed E-state index contributed by atoms with van der Waals surface area (Å²) in [6, 6.07) is 13.5. The van der Waals surface area contributed by atoms with Crippen LogP contribution in [0.2, 0.25) is 5.02 Å². The van der Waals surface area contributed by atoms with Crippen molar-refractivity contribution in [1.82, 2.24) is 0 Å². The van der Waals surface area contributed by atoms with Gasteiger partial charge in [0.2, 0.25) is 0 Å². The summed E-state index contributed by atoms with van der Waals surface area (Å²) in [5, 5.41) is 0.626. The van der Waals surface area contributed by atoms with E-state index in [4.69, 9.17) is 11.6 Å². The van der Waals surface area contributed by atoms with E-state index in [9.17, 15) is 9.18 Å². The van der Waals surface area contributed by atoms with Crippen molar-refractivity contribution in [2.45, 2.75) is 12.3 Å². The van der Waals surface area contributed by atoms with Crippen molar-refractivity contribution in [2.75, 3.05) is 0 Å². The van der Waals surface area contributed by atoms with Gasteiger partial charge in [-0.3, -0.25) is 0 Å². The first kappa shape index (κ1) is 12.8. The van der Waals surface area contributed by atoms with Gasteiger partial charge in [-0.1, -0.05) is 41.9 Å². The van der Waals surface area contributed by atoms with Crippen LogP contribution in [0.25, 0.3) is 0 Å². The molecule has 0 aliphatic rings. The molecule has 1 nitrogen and oxygen atoms in total. The zero-order valence-corrected chi connectivity index (χ0v) is 10.4. The first-order valence-corrected chi connectivity index (χ1v) is 6.02. The van der Waals surface area contributed by atoms with Crippen LogP contribution in [0.5, 0.6) is 0 Å². The van der Waals surface area contributed by atoms with E-state index in [-0.39, 0.29) is 11.7 Å². The Morgan fingerprint density at radius 3 is 2.61 bits per heavy atom. The van der Waals surface area contributed by atoms with Crippen LogP contribution in [0.1, 0.15) is 17.0 Å². The van der Waals surface area contributed by atoms with Gasteiger partial charge >= 0.3 is 0 Å². The van der Waals surface area contributed by atoms with Gasteiger partial charge in [0.05, 0.1) is 0 Å². The van der Waals surface area contributed by atoms with Crippen LogP contribution < -0.4 is 0 Å². The molecule has 0 aliphatic carbocycles. The summed E-state index contributed by atoms with van der Waals surface area (Å²) in [5.74, 6) is -0.709. The molecular formula is C15H12ClFO. The summed E-state index contributed by atoms with van der Waals surface area (Å²) in [5.41, 5.74) is 1.56. The molecule has 18 heavy (non-hydrogen) atoms. The van der Waals surface area contributed by atoms with Gasteiger partial charge in [-0.25, -0.2) is 4.39 Å². The second kappa shape index (κ2) is 5.78. The van der Waals surface area contributed by atoms with Gasteiger partial charge in [0.15, 0.2) is 0 Å². The minimum absolute atomic E-state index is 0.335. The summed E-state index contributed by atoms with van der Waals surface area (Å²) < 4.78 is 13.1. The van der Waals surface area contributed by atoms with E-state index >= 15 is 0 Å². The number of hydrogen-bond donors (Lipinski definition) is 0. The number of halogens is 2. The van der Waals surface area contributed by atoms with Crippen molar-refractivity contribution in [3.63, 3.8) is 0 Å². The van der Waals surface area contributed by atoms with Crippen molar-refractivity contribution in [3.05, 3.63) is 70.5 Å². The van der Waals surface area contributed by atoms with Crippen molar-refractivity contribution in [2.24, 2.45) is 0 Å². The van der Waals surface area contributed by atoms with E-state index in [2.05, 4.69) is 0 Å². The Kier molecular flexibility index (Phi) is 4.11. The van der Waals surface area contributed by atoms with Gasteiger partial charge in [-0.05, 0) is 35.7 Å². The number of carbonyl (C=O) groups excluding carboxylic acids is 1. The second-order valence-corrected chi connectivity index (χ2v) is 4.50. The van der Waals surface area contributed by atoms with Gasteiger partial charge in [-0.15, -0.1) is 0 Å². The van der Waals surface area contributed by atoms with Gasteiger partial charge in [-0.2, -0.15) is 0 Å². The molecule has 2 aromatic carbocycles. The highest BCUT2D eigenvalue weighted by atomic mass is 35.5. The SMILES string of the molecule is O=CC(Cc1ccccc1Cl)c1cccc(F)c1. The van der Waals surface area contributed by atoms with Crippen LogP contribution in [-0.2, 0) is 11.2 Å². The molecule has 1 atom stereocenters. The van der Waals surface area contributed by atoms with E-state index in [1.807, 2.05) is 18.2 Å². The Labute approximate surface area is 110 Å². The van der Waals surface area contributed by atoms with Crippen LogP contribution in [0.3, 0.4) is 0 Å². The van der Waals surface area contributed by atoms with Crippen LogP contribution in [-0.4, -0.2) is 6.29 Å². The maximum atomic E-state index is 13.1. The van der Waals surface area contributed by atoms with Crippen molar-refractivity contribution in [1.29, 1.82) is 0 Å². The first-order chi connectivity index (χ1) is 8.70. The minimum Gasteiger partial charge on any atom is -0.303 e. The first-order valence-electron chi connectivity index (χ1n) is 5.65. The number of rotatable bonds is 4. The van der Waals surface area contributed by atoms with Crippen molar-refractivity contribution >= 4 is 17.9 Å². The fourth-order valence-corrected chi connectivity index (χ4v) is 2.10. The third kappa shape index (κ3) is 2.96. The van der Waals surface area contributed by atoms with Gasteiger partial charge in [0.25, 0.3) is 0 Å². The monoisotopic (exact) mass is 262 g/mol. The Bertz CT molecular complexity index is 554. The van der Waals surface area contributed by atoms with Crippen LogP contribution in [0.15, 0.2) is 48.5 Å². The lowest BCUT2D eigenvalue weighted by Crippen LogP contribution is -2.05. The van der Waals surface area contributed by atoms with Crippen molar-refractivity contribution < 1.29 is 9.18 Å². The maximum absolute atomic E-state index is 13.1. The molecule has 3 heteroatoms. The fourth-order valence-electron chi connectivity index (χ4n) is 1.88. The largest absolute Gasteiger partial charge is 0.303 e. The van der Waals surface area contributed by atoms with E-state index in [0.29, 0.717) is 17.0 Å². The highest BCUT2D eigenvalue weighted by molar-refractivity contribution is 6.31. The fraction of sp³-hybridized carbons (Fsp3) is 0.133. The average Bonchev–Trinajstić information content (AvgIpc) is 2.38. The molecule has 0 bridgehead atoms. The number of carbonyl (C=O) groups is 1. The molecule has 0 fully saturated rings. The Morgan fingerprint density at radius 2 is 1.94 bits per heavy atom. The van der Waals surface area contributed by atoms with Gasteiger partial charge in [0.1, 0.15) is 12.1 Å². The molecule has 0 saturated carbocycles. The van der Waals surface area contributed by atoms with E-state index in [1.54, 1.807) is 18.2 Å². The molecule has 0 radical (unpaired) electrons. The Balaban J connectivity index is 2.25. The molecule has 1 unspecified atom stereocenters. The summed E-state index contributed by atoms with van der Waals surface area (Å²) in [7, 11) is 0. The van der Waals surface area contributed by atoms with Crippen LogP contribution >= 0.6 is 11.6 Å². The number of aldehydes is 1. The van der Waals surface area contributed by atoms with Crippen molar-refractivity contribution in [3.8, 4) is 0 Å². The van der Waals surface area contributed by atoms with E-state index < -0.39 is 0 Å². The predicted molar refractivity (Wildman–Crippen MR) is 70.4 cm³/mol. The Morgan fingerprint density at radius 1 is 1.17 bits per heavy atom. The molecule has 0 amide bonds. The van der Waals surface area contributed by atoms with E-state index in [1.165, 1.54) is 12.1 Å². The van der Waals surface area contributed by atoms with Crippen LogP contribution in [0, 0.1) is 5.82 Å². The third-order valence-corrected chi connectivity index (χ3v) is 3.21.